The molecular formula is C12H16O4S. The number of rotatable bonds is 4. The SMILES string of the molecule is CO[C@H]1COCC1CS(=O)(=O)c1ccccc1. The van der Waals surface area contributed by atoms with Gasteiger partial charge < -0.3 is 9.47 Å². The zero-order valence-corrected chi connectivity index (χ0v) is 10.5. The minimum atomic E-state index is -3.25. The molecule has 0 bridgehead atoms. The average molecular weight is 256 g/mol. The van der Waals surface area contributed by atoms with Crippen LogP contribution in [0.2, 0.25) is 0 Å². The number of ether oxygens (including phenoxy) is 2. The quantitative estimate of drug-likeness (QED) is 0.810. The van der Waals surface area contributed by atoms with Crippen molar-refractivity contribution >= 4 is 9.84 Å². The Kier molecular flexibility index (Phi) is 3.81. The predicted octanol–water partition coefficient (Wildman–Crippen LogP) is 1.12. The van der Waals surface area contributed by atoms with Crippen LogP contribution in [0.3, 0.4) is 0 Å². The van der Waals surface area contributed by atoms with Crippen LogP contribution in [0.5, 0.6) is 0 Å². The predicted molar refractivity (Wildman–Crippen MR) is 63.6 cm³/mol. The maximum absolute atomic E-state index is 12.1. The summed E-state index contributed by atoms with van der Waals surface area (Å²) in [6.07, 6.45) is -0.117. The Morgan fingerprint density at radius 2 is 2.00 bits per heavy atom. The van der Waals surface area contributed by atoms with Crippen LogP contribution in [0.1, 0.15) is 0 Å². The van der Waals surface area contributed by atoms with Gasteiger partial charge in [0.25, 0.3) is 0 Å². The van der Waals surface area contributed by atoms with Crippen molar-refractivity contribution in [3.05, 3.63) is 30.3 Å². The van der Waals surface area contributed by atoms with E-state index in [1.54, 1.807) is 37.4 Å². The van der Waals surface area contributed by atoms with Crippen LogP contribution in [-0.2, 0) is 19.3 Å². The van der Waals surface area contributed by atoms with Gasteiger partial charge in [-0.2, -0.15) is 0 Å². The van der Waals surface area contributed by atoms with Gasteiger partial charge in [0.2, 0.25) is 0 Å². The number of hydrogen-bond donors (Lipinski definition) is 0. The third kappa shape index (κ3) is 2.86. The van der Waals surface area contributed by atoms with Crippen LogP contribution >= 0.6 is 0 Å². The van der Waals surface area contributed by atoms with Gasteiger partial charge in [-0.1, -0.05) is 18.2 Å². The summed E-state index contributed by atoms with van der Waals surface area (Å²) in [5, 5.41) is 0. The van der Waals surface area contributed by atoms with E-state index in [2.05, 4.69) is 0 Å². The fourth-order valence-electron chi connectivity index (χ4n) is 2.00. The second-order valence-corrected chi connectivity index (χ2v) is 6.20. The zero-order chi connectivity index (χ0) is 12.3. The average Bonchev–Trinajstić information content (AvgIpc) is 2.77. The second-order valence-electron chi connectivity index (χ2n) is 4.17. The highest BCUT2D eigenvalue weighted by Crippen LogP contribution is 2.21. The van der Waals surface area contributed by atoms with Gasteiger partial charge in [0.05, 0.1) is 30.0 Å². The van der Waals surface area contributed by atoms with Crippen LogP contribution in [-0.4, -0.2) is 40.6 Å². The van der Waals surface area contributed by atoms with Crippen molar-refractivity contribution in [2.75, 3.05) is 26.1 Å². The summed E-state index contributed by atoms with van der Waals surface area (Å²) in [4.78, 5) is 0.363. The minimum absolute atomic E-state index is 0.0785. The van der Waals surface area contributed by atoms with Crippen molar-refractivity contribution in [2.45, 2.75) is 11.0 Å². The van der Waals surface area contributed by atoms with E-state index in [-0.39, 0.29) is 17.8 Å². The normalized spacial score (nSPS) is 25.0. The molecule has 1 aromatic rings. The van der Waals surface area contributed by atoms with Crippen molar-refractivity contribution < 1.29 is 17.9 Å². The van der Waals surface area contributed by atoms with Crippen molar-refractivity contribution in [2.24, 2.45) is 5.92 Å². The third-order valence-corrected chi connectivity index (χ3v) is 4.84. The van der Waals surface area contributed by atoms with E-state index in [4.69, 9.17) is 9.47 Å². The summed E-state index contributed by atoms with van der Waals surface area (Å²) < 4.78 is 34.7. The van der Waals surface area contributed by atoms with Crippen molar-refractivity contribution in [1.82, 2.24) is 0 Å². The molecule has 5 heteroatoms. The molecule has 1 heterocycles. The Labute approximate surface area is 101 Å². The van der Waals surface area contributed by atoms with Crippen LogP contribution in [0.15, 0.2) is 35.2 Å². The first-order chi connectivity index (χ1) is 8.13. The van der Waals surface area contributed by atoms with E-state index in [1.165, 1.54) is 0 Å². The highest BCUT2D eigenvalue weighted by molar-refractivity contribution is 7.91. The Balaban J connectivity index is 2.13. The summed E-state index contributed by atoms with van der Waals surface area (Å²) in [5.74, 6) is 0.000376. The summed E-state index contributed by atoms with van der Waals surface area (Å²) >= 11 is 0. The minimum Gasteiger partial charge on any atom is -0.379 e. The fourth-order valence-corrected chi connectivity index (χ4v) is 3.64. The van der Waals surface area contributed by atoms with E-state index in [1.807, 2.05) is 0 Å². The molecular weight excluding hydrogens is 240 g/mol. The van der Waals surface area contributed by atoms with Gasteiger partial charge >= 0.3 is 0 Å². The molecule has 0 aromatic heterocycles. The van der Waals surface area contributed by atoms with Gasteiger partial charge in [-0.15, -0.1) is 0 Å². The molecule has 0 radical (unpaired) electrons. The first-order valence-electron chi connectivity index (χ1n) is 5.52. The van der Waals surface area contributed by atoms with Crippen molar-refractivity contribution in [3.8, 4) is 0 Å². The number of sulfone groups is 1. The highest BCUT2D eigenvalue weighted by Gasteiger charge is 2.32. The maximum atomic E-state index is 12.1. The highest BCUT2D eigenvalue weighted by atomic mass is 32.2. The molecule has 0 spiro atoms. The monoisotopic (exact) mass is 256 g/mol. The first kappa shape index (κ1) is 12.5. The molecule has 2 rings (SSSR count). The topological polar surface area (TPSA) is 52.6 Å². The number of methoxy groups -OCH3 is 1. The molecule has 94 valence electrons. The van der Waals surface area contributed by atoms with Crippen LogP contribution in [0.25, 0.3) is 0 Å². The summed E-state index contributed by atoms with van der Waals surface area (Å²) in [6.45, 7) is 0.927. The molecule has 1 aliphatic rings. The van der Waals surface area contributed by atoms with Crippen LogP contribution in [0, 0.1) is 5.92 Å². The Bertz CT molecular complexity index is 455. The molecule has 4 nitrogen and oxygen atoms in total. The maximum Gasteiger partial charge on any atom is 0.178 e. The van der Waals surface area contributed by atoms with E-state index < -0.39 is 9.84 Å². The van der Waals surface area contributed by atoms with Crippen molar-refractivity contribution in [1.29, 1.82) is 0 Å². The standard InChI is InChI=1S/C12H16O4S/c1-15-12-8-16-7-10(12)9-17(13,14)11-5-3-2-4-6-11/h2-6,10,12H,7-9H2,1H3/t10?,12-/m0/s1. The van der Waals surface area contributed by atoms with Crippen molar-refractivity contribution in [3.63, 3.8) is 0 Å². The van der Waals surface area contributed by atoms with Gasteiger partial charge in [0.1, 0.15) is 0 Å². The van der Waals surface area contributed by atoms with E-state index >= 15 is 0 Å². The Morgan fingerprint density at radius 1 is 1.29 bits per heavy atom. The summed E-state index contributed by atoms with van der Waals surface area (Å²) in [6, 6.07) is 8.49. The summed E-state index contributed by atoms with van der Waals surface area (Å²) in [5.41, 5.74) is 0. The largest absolute Gasteiger partial charge is 0.379 e. The molecule has 17 heavy (non-hydrogen) atoms. The molecule has 1 aromatic carbocycles. The smallest absolute Gasteiger partial charge is 0.178 e. The Morgan fingerprint density at radius 3 is 2.65 bits per heavy atom. The second kappa shape index (κ2) is 5.16. The van der Waals surface area contributed by atoms with E-state index in [0.717, 1.165) is 0 Å². The van der Waals surface area contributed by atoms with Gasteiger partial charge in [0.15, 0.2) is 9.84 Å². The molecule has 0 saturated carbocycles. The number of hydrogen-bond acceptors (Lipinski definition) is 4. The van der Waals surface area contributed by atoms with E-state index in [9.17, 15) is 8.42 Å². The summed E-state index contributed by atoms with van der Waals surface area (Å²) in [7, 11) is -1.66. The van der Waals surface area contributed by atoms with Gasteiger partial charge in [-0.3, -0.25) is 0 Å². The molecule has 0 amide bonds. The lowest BCUT2D eigenvalue weighted by molar-refractivity contribution is 0.0702. The molecule has 1 saturated heterocycles. The first-order valence-corrected chi connectivity index (χ1v) is 7.17. The van der Waals surface area contributed by atoms with Crippen LogP contribution in [0.4, 0.5) is 0 Å². The molecule has 0 aliphatic carbocycles. The van der Waals surface area contributed by atoms with Gasteiger partial charge in [0, 0.05) is 13.0 Å². The molecule has 1 unspecified atom stereocenters. The number of benzene rings is 1. The zero-order valence-electron chi connectivity index (χ0n) is 9.70. The lowest BCUT2D eigenvalue weighted by Crippen LogP contribution is -2.27. The van der Waals surface area contributed by atoms with Crippen LogP contribution < -0.4 is 0 Å². The fraction of sp³-hybridized carbons (Fsp3) is 0.500. The van der Waals surface area contributed by atoms with Gasteiger partial charge in [-0.05, 0) is 12.1 Å². The van der Waals surface area contributed by atoms with Gasteiger partial charge in [-0.25, -0.2) is 8.42 Å². The van der Waals surface area contributed by atoms with E-state index in [0.29, 0.717) is 18.1 Å². The third-order valence-electron chi connectivity index (χ3n) is 2.98. The molecule has 2 atom stereocenters. The lowest BCUT2D eigenvalue weighted by Gasteiger charge is -2.15. The molecule has 1 aliphatic heterocycles. The lowest BCUT2D eigenvalue weighted by atomic mass is 10.1. The Hall–Kier alpha value is -0.910. The molecule has 1 fully saturated rings. The molecule has 0 N–H and O–H groups in total.